The molecule has 17 heavy (non-hydrogen) atoms. The van der Waals surface area contributed by atoms with Gasteiger partial charge in [-0.25, -0.2) is 0 Å². The average molecular weight is 237 g/mol. The molecule has 0 amide bonds. The van der Waals surface area contributed by atoms with E-state index in [0.29, 0.717) is 6.04 Å². The van der Waals surface area contributed by atoms with Gasteiger partial charge in [-0.2, -0.15) is 5.10 Å². The number of rotatable bonds is 7. The number of hydrogen-bond acceptors (Lipinski definition) is 2. The van der Waals surface area contributed by atoms with Crippen molar-refractivity contribution in [1.29, 1.82) is 0 Å². The van der Waals surface area contributed by atoms with Gasteiger partial charge in [-0.15, -0.1) is 0 Å². The van der Waals surface area contributed by atoms with Crippen molar-refractivity contribution in [2.45, 2.75) is 66.0 Å². The maximum absolute atomic E-state index is 4.68. The summed E-state index contributed by atoms with van der Waals surface area (Å²) in [6.45, 7) is 9.83. The SMILES string of the molecule is CCCCCn1nc(C)c(C(CC)NC)c1C. The highest BCUT2D eigenvalue weighted by atomic mass is 15.3. The number of unbranched alkanes of at least 4 members (excludes halogenated alkanes) is 2. The number of aryl methyl sites for hydroxylation is 2. The molecule has 1 unspecified atom stereocenters. The predicted octanol–water partition coefficient (Wildman–Crippen LogP) is 3.36. The van der Waals surface area contributed by atoms with Gasteiger partial charge >= 0.3 is 0 Å². The molecule has 0 aromatic carbocycles. The van der Waals surface area contributed by atoms with Crippen LogP contribution >= 0.6 is 0 Å². The minimum atomic E-state index is 0.440. The van der Waals surface area contributed by atoms with Gasteiger partial charge in [-0.05, 0) is 33.7 Å². The van der Waals surface area contributed by atoms with Crippen molar-refractivity contribution in [3.63, 3.8) is 0 Å². The molecule has 1 aromatic rings. The summed E-state index contributed by atoms with van der Waals surface area (Å²) >= 11 is 0. The Labute approximate surface area is 106 Å². The van der Waals surface area contributed by atoms with Crippen molar-refractivity contribution in [1.82, 2.24) is 15.1 Å². The van der Waals surface area contributed by atoms with E-state index in [1.54, 1.807) is 0 Å². The van der Waals surface area contributed by atoms with Crippen molar-refractivity contribution in [3.8, 4) is 0 Å². The van der Waals surface area contributed by atoms with E-state index in [4.69, 9.17) is 0 Å². The largest absolute Gasteiger partial charge is 0.313 e. The Morgan fingerprint density at radius 2 is 1.94 bits per heavy atom. The molecule has 1 N–H and O–H groups in total. The van der Waals surface area contributed by atoms with Crippen molar-refractivity contribution in [3.05, 3.63) is 17.0 Å². The second-order valence-electron chi connectivity index (χ2n) is 4.76. The molecule has 0 radical (unpaired) electrons. The van der Waals surface area contributed by atoms with Crippen LogP contribution in [-0.4, -0.2) is 16.8 Å². The van der Waals surface area contributed by atoms with E-state index in [2.05, 4.69) is 42.8 Å². The fraction of sp³-hybridized carbons (Fsp3) is 0.786. The van der Waals surface area contributed by atoms with Crippen LogP contribution in [0.3, 0.4) is 0 Å². The minimum absolute atomic E-state index is 0.440. The Balaban J connectivity index is 2.85. The standard InChI is InChI=1S/C14H27N3/c1-6-8-9-10-17-12(4)14(11(3)16-17)13(7-2)15-5/h13,15H,6-10H2,1-5H3. The third-order valence-electron chi connectivity index (χ3n) is 3.52. The van der Waals surface area contributed by atoms with Crippen LogP contribution in [0.2, 0.25) is 0 Å². The Morgan fingerprint density at radius 1 is 1.24 bits per heavy atom. The van der Waals surface area contributed by atoms with Crippen molar-refractivity contribution >= 4 is 0 Å². The second-order valence-corrected chi connectivity index (χ2v) is 4.76. The zero-order valence-corrected chi connectivity index (χ0v) is 12.0. The molecule has 0 aliphatic rings. The fourth-order valence-electron chi connectivity index (χ4n) is 2.50. The van der Waals surface area contributed by atoms with Gasteiger partial charge in [0.25, 0.3) is 0 Å². The summed E-state index contributed by atoms with van der Waals surface area (Å²) in [5.74, 6) is 0. The maximum atomic E-state index is 4.68. The molecule has 1 aromatic heterocycles. The molecule has 0 spiro atoms. The topological polar surface area (TPSA) is 29.9 Å². The third kappa shape index (κ3) is 3.32. The fourth-order valence-corrected chi connectivity index (χ4v) is 2.50. The van der Waals surface area contributed by atoms with Gasteiger partial charge in [0, 0.05) is 23.8 Å². The molecule has 1 atom stereocenters. The first-order valence-electron chi connectivity index (χ1n) is 6.86. The average Bonchev–Trinajstić information content (AvgIpc) is 2.59. The van der Waals surface area contributed by atoms with Gasteiger partial charge in [-0.3, -0.25) is 4.68 Å². The highest BCUT2D eigenvalue weighted by Gasteiger charge is 2.17. The van der Waals surface area contributed by atoms with Crippen LogP contribution in [0.4, 0.5) is 0 Å². The van der Waals surface area contributed by atoms with Gasteiger partial charge in [-0.1, -0.05) is 26.7 Å². The molecule has 0 aliphatic carbocycles. The quantitative estimate of drug-likeness (QED) is 0.737. The molecule has 0 saturated carbocycles. The monoisotopic (exact) mass is 237 g/mol. The summed E-state index contributed by atoms with van der Waals surface area (Å²) < 4.78 is 2.18. The molecule has 98 valence electrons. The van der Waals surface area contributed by atoms with E-state index in [1.807, 2.05) is 7.05 Å². The van der Waals surface area contributed by atoms with Crippen molar-refractivity contribution in [2.75, 3.05) is 7.05 Å². The predicted molar refractivity (Wildman–Crippen MR) is 73.3 cm³/mol. The summed E-state index contributed by atoms with van der Waals surface area (Å²) in [4.78, 5) is 0. The molecular formula is C14H27N3. The van der Waals surface area contributed by atoms with E-state index in [-0.39, 0.29) is 0 Å². The molecule has 3 nitrogen and oxygen atoms in total. The summed E-state index contributed by atoms with van der Waals surface area (Å²) in [7, 11) is 2.03. The molecule has 1 rings (SSSR count). The van der Waals surface area contributed by atoms with Crippen molar-refractivity contribution in [2.24, 2.45) is 0 Å². The van der Waals surface area contributed by atoms with Gasteiger partial charge in [0.05, 0.1) is 5.69 Å². The maximum Gasteiger partial charge on any atom is 0.0644 e. The van der Waals surface area contributed by atoms with Gasteiger partial charge < -0.3 is 5.32 Å². The lowest BCUT2D eigenvalue weighted by Crippen LogP contribution is -2.17. The van der Waals surface area contributed by atoms with Crippen LogP contribution in [0.1, 0.15) is 62.5 Å². The molecule has 1 heterocycles. The summed E-state index contributed by atoms with van der Waals surface area (Å²) in [5, 5.41) is 8.05. The van der Waals surface area contributed by atoms with Crippen LogP contribution < -0.4 is 5.32 Å². The lowest BCUT2D eigenvalue weighted by atomic mass is 10.0. The number of nitrogens with one attached hydrogen (secondary N) is 1. The minimum Gasteiger partial charge on any atom is -0.313 e. The first-order valence-corrected chi connectivity index (χ1v) is 6.86. The first kappa shape index (κ1) is 14.2. The van der Waals surface area contributed by atoms with Crippen LogP contribution in [0.15, 0.2) is 0 Å². The summed E-state index contributed by atoms with van der Waals surface area (Å²) in [6, 6.07) is 0.440. The smallest absolute Gasteiger partial charge is 0.0644 e. The van der Waals surface area contributed by atoms with Gasteiger partial charge in [0.15, 0.2) is 0 Å². The Bertz CT molecular complexity index is 337. The van der Waals surface area contributed by atoms with Crippen LogP contribution in [0, 0.1) is 13.8 Å². The van der Waals surface area contributed by atoms with E-state index in [1.165, 1.54) is 36.2 Å². The van der Waals surface area contributed by atoms with E-state index in [9.17, 15) is 0 Å². The van der Waals surface area contributed by atoms with Gasteiger partial charge in [0.2, 0.25) is 0 Å². The second kappa shape index (κ2) is 6.80. The van der Waals surface area contributed by atoms with E-state index >= 15 is 0 Å². The zero-order chi connectivity index (χ0) is 12.8. The van der Waals surface area contributed by atoms with Crippen LogP contribution in [0.25, 0.3) is 0 Å². The number of aromatic nitrogens is 2. The van der Waals surface area contributed by atoms with Crippen LogP contribution in [0.5, 0.6) is 0 Å². The molecule has 0 bridgehead atoms. The Kier molecular flexibility index (Phi) is 5.69. The molecule has 0 aliphatic heterocycles. The lowest BCUT2D eigenvalue weighted by molar-refractivity contribution is 0.534. The number of hydrogen-bond donors (Lipinski definition) is 1. The van der Waals surface area contributed by atoms with Crippen molar-refractivity contribution < 1.29 is 0 Å². The highest BCUT2D eigenvalue weighted by Crippen LogP contribution is 2.24. The molecule has 0 saturated heterocycles. The molecule has 0 fully saturated rings. The third-order valence-corrected chi connectivity index (χ3v) is 3.52. The Hall–Kier alpha value is -0.830. The summed E-state index contributed by atoms with van der Waals surface area (Å²) in [6.07, 6.45) is 4.89. The Morgan fingerprint density at radius 3 is 2.47 bits per heavy atom. The zero-order valence-electron chi connectivity index (χ0n) is 12.0. The summed E-state index contributed by atoms with van der Waals surface area (Å²) in [5.41, 5.74) is 3.91. The van der Waals surface area contributed by atoms with E-state index in [0.717, 1.165) is 13.0 Å². The normalized spacial score (nSPS) is 13.0. The lowest BCUT2D eigenvalue weighted by Gasteiger charge is -2.14. The van der Waals surface area contributed by atoms with Crippen LogP contribution in [-0.2, 0) is 6.54 Å². The molecular weight excluding hydrogens is 210 g/mol. The number of nitrogens with zero attached hydrogens (tertiary/aromatic N) is 2. The van der Waals surface area contributed by atoms with Gasteiger partial charge in [0.1, 0.15) is 0 Å². The first-order chi connectivity index (χ1) is 8.15. The molecule has 3 heteroatoms. The van der Waals surface area contributed by atoms with E-state index < -0.39 is 0 Å². The highest BCUT2D eigenvalue weighted by molar-refractivity contribution is 5.28.